The molecule has 0 radical (unpaired) electrons. The molecule has 0 spiro atoms. The number of fused-ring (bicyclic) bond motifs is 1. The first kappa shape index (κ1) is 12.9. The van der Waals surface area contributed by atoms with Crippen molar-refractivity contribution < 1.29 is 9.53 Å². The molecule has 0 aliphatic carbocycles. The summed E-state index contributed by atoms with van der Waals surface area (Å²) in [7, 11) is 1.33. The van der Waals surface area contributed by atoms with Gasteiger partial charge in [0.2, 0.25) is 0 Å². The van der Waals surface area contributed by atoms with E-state index in [1.807, 2.05) is 25.1 Å². The number of esters is 1. The van der Waals surface area contributed by atoms with Crippen molar-refractivity contribution in [3.8, 4) is 0 Å². The van der Waals surface area contributed by atoms with E-state index < -0.39 is 12.0 Å². The monoisotopic (exact) mass is 266 g/mol. The van der Waals surface area contributed by atoms with Gasteiger partial charge >= 0.3 is 5.97 Å². The molecule has 2 rings (SSSR count). The summed E-state index contributed by atoms with van der Waals surface area (Å²) in [5.41, 5.74) is 8.78. The van der Waals surface area contributed by atoms with Gasteiger partial charge in [-0.1, -0.05) is 11.6 Å². The minimum Gasteiger partial charge on any atom is -0.468 e. The molecule has 0 saturated heterocycles. The van der Waals surface area contributed by atoms with Crippen molar-refractivity contribution in [3.63, 3.8) is 0 Å². The average molecular weight is 267 g/mol. The third-order valence-electron chi connectivity index (χ3n) is 3.01. The van der Waals surface area contributed by atoms with Crippen LogP contribution in [0.2, 0.25) is 5.02 Å². The van der Waals surface area contributed by atoms with E-state index in [-0.39, 0.29) is 0 Å². The second-order valence-corrected chi connectivity index (χ2v) is 4.69. The zero-order chi connectivity index (χ0) is 13.3. The third kappa shape index (κ3) is 2.35. The number of nitrogens with two attached hydrogens (primary N) is 1. The van der Waals surface area contributed by atoms with Gasteiger partial charge in [-0.25, -0.2) is 0 Å². The van der Waals surface area contributed by atoms with E-state index in [0.717, 1.165) is 22.2 Å². The van der Waals surface area contributed by atoms with Gasteiger partial charge in [0.15, 0.2) is 0 Å². The summed E-state index contributed by atoms with van der Waals surface area (Å²) in [6.07, 6.45) is 0.429. The maximum Gasteiger partial charge on any atom is 0.322 e. The number of ether oxygens (including phenoxy) is 1. The van der Waals surface area contributed by atoms with Crippen LogP contribution in [0.1, 0.15) is 11.3 Å². The highest BCUT2D eigenvalue weighted by molar-refractivity contribution is 6.31. The minimum atomic E-state index is -0.660. The molecule has 1 aromatic heterocycles. The zero-order valence-corrected chi connectivity index (χ0v) is 11.0. The molecule has 0 fully saturated rings. The molecule has 4 nitrogen and oxygen atoms in total. The van der Waals surface area contributed by atoms with Gasteiger partial charge in [0.25, 0.3) is 0 Å². The van der Waals surface area contributed by atoms with Gasteiger partial charge in [-0.2, -0.15) is 0 Å². The molecular formula is C13H15ClN2O2. The van der Waals surface area contributed by atoms with Crippen molar-refractivity contribution in [1.29, 1.82) is 0 Å². The van der Waals surface area contributed by atoms with E-state index in [4.69, 9.17) is 17.3 Å². The lowest BCUT2D eigenvalue weighted by atomic mass is 10.0. The van der Waals surface area contributed by atoms with Crippen LogP contribution >= 0.6 is 11.6 Å². The normalized spacial score (nSPS) is 12.7. The molecule has 1 unspecified atom stereocenters. The Hall–Kier alpha value is -1.52. The summed E-state index contributed by atoms with van der Waals surface area (Å²) in [5, 5.41) is 1.66. The van der Waals surface area contributed by atoms with E-state index in [0.29, 0.717) is 11.4 Å². The lowest BCUT2D eigenvalue weighted by Gasteiger charge is -2.09. The minimum absolute atomic E-state index is 0.411. The van der Waals surface area contributed by atoms with Crippen LogP contribution in [-0.2, 0) is 16.0 Å². The standard InChI is InChI=1S/C13H15ClN2O2/c1-7-9(6-11(15)13(17)18-2)10-5-8(14)3-4-12(10)16-7/h3-5,11,16H,6,15H2,1-2H3. The molecule has 0 amide bonds. The number of aryl methyl sites for hydroxylation is 1. The number of H-pyrrole nitrogens is 1. The van der Waals surface area contributed by atoms with Gasteiger partial charge < -0.3 is 15.5 Å². The summed E-state index contributed by atoms with van der Waals surface area (Å²) in [6.45, 7) is 1.95. The predicted molar refractivity (Wildman–Crippen MR) is 71.7 cm³/mol. The van der Waals surface area contributed by atoms with Gasteiger partial charge in [0, 0.05) is 28.0 Å². The molecule has 1 heterocycles. The highest BCUT2D eigenvalue weighted by Crippen LogP contribution is 2.26. The average Bonchev–Trinajstić information content (AvgIpc) is 2.65. The van der Waals surface area contributed by atoms with E-state index >= 15 is 0 Å². The highest BCUT2D eigenvalue weighted by Gasteiger charge is 2.18. The van der Waals surface area contributed by atoms with Crippen LogP contribution in [0.5, 0.6) is 0 Å². The topological polar surface area (TPSA) is 68.1 Å². The Labute approximate surface area is 110 Å². The van der Waals surface area contributed by atoms with Crippen molar-refractivity contribution in [1.82, 2.24) is 4.98 Å². The molecule has 0 aliphatic rings. The quantitative estimate of drug-likeness (QED) is 0.837. The molecule has 18 heavy (non-hydrogen) atoms. The van der Waals surface area contributed by atoms with Crippen LogP contribution in [0.3, 0.4) is 0 Å². The van der Waals surface area contributed by atoms with Crippen LogP contribution in [0, 0.1) is 6.92 Å². The SMILES string of the molecule is COC(=O)C(N)Cc1c(C)[nH]c2ccc(Cl)cc12. The fourth-order valence-electron chi connectivity index (χ4n) is 2.07. The molecule has 2 aromatic rings. The second-order valence-electron chi connectivity index (χ2n) is 4.25. The molecule has 5 heteroatoms. The van der Waals surface area contributed by atoms with Crippen molar-refractivity contribution in [2.45, 2.75) is 19.4 Å². The van der Waals surface area contributed by atoms with Crippen molar-refractivity contribution >= 4 is 28.5 Å². The number of aromatic nitrogens is 1. The van der Waals surface area contributed by atoms with Gasteiger partial charge in [-0.3, -0.25) is 4.79 Å². The molecule has 0 saturated carbocycles. The van der Waals surface area contributed by atoms with Crippen LogP contribution < -0.4 is 5.73 Å². The van der Waals surface area contributed by atoms with Crippen LogP contribution in [0.4, 0.5) is 0 Å². The summed E-state index contributed by atoms with van der Waals surface area (Å²) in [4.78, 5) is 14.6. The molecule has 96 valence electrons. The van der Waals surface area contributed by atoms with Crippen LogP contribution in [0.15, 0.2) is 18.2 Å². The molecule has 3 N–H and O–H groups in total. The number of hydrogen-bond donors (Lipinski definition) is 2. The van der Waals surface area contributed by atoms with Crippen molar-refractivity contribution in [2.24, 2.45) is 5.73 Å². The van der Waals surface area contributed by atoms with Gasteiger partial charge in [0.05, 0.1) is 7.11 Å². The van der Waals surface area contributed by atoms with E-state index in [9.17, 15) is 4.79 Å². The van der Waals surface area contributed by atoms with Crippen LogP contribution in [0.25, 0.3) is 10.9 Å². The number of nitrogens with one attached hydrogen (secondary N) is 1. The first-order valence-electron chi connectivity index (χ1n) is 5.63. The molecule has 0 aliphatic heterocycles. The maximum atomic E-state index is 11.4. The van der Waals surface area contributed by atoms with Gasteiger partial charge in [-0.05, 0) is 30.7 Å². The molecule has 0 bridgehead atoms. The largest absolute Gasteiger partial charge is 0.468 e. The second kappa shape index (κ2) is 5.00. The predicted octanol–water partition coefficient (Wildman–Crippen LogP) is 2.17. The fourth-order valence-corrected chi connectivity index (χ4v) is 2.24. The smallest absolute Gasteiger partial charge is 0.322 e. The third-order valence-corrected chi connectivity index (χ3v) is 3.24. The number of carbonyl (C=O) groups is 1. The Morgan fingerprint density at radius 2 is 2.28 bits per heavy atom. The van der Waals surface area contributed by atoms with Crippen molar-refractivity contribution in [2.75, 3.05) is 7.11 Å². The van der Waals surface area contributed by atoms with Gasteiger partial charge in [-0.15, -0.1) is 0 Å². The lowest BCUT2D eigenvalue weighted by Crippen LogP contribution is -2.33. The Kier molecular flexibility index (Phi) is 3.59. The number of carbonyl (C=O) groups excluding carboxylic acids is 1. The Morgan fingerprint density at radius 1 is 1.56 bits per heavy atom. The summed E-state index contributed by atoms with van der Waals surface area (Å²) >= 11 is 5.99. The molecule has 1 atom stereocenters. The number of benzene rings is 1. The number of aromatic amines is 1. The maximum absolute atomic E-state index is 11.4. The zero-order valence-electron chi connectivity index (χ0n) is 10.3. The molecular weight excluding hydrogens is 252 g/mol. The van der Waals surface area contributed by atoms with Crippen LogP contribution in [-0.4, -0.2) is 24.1 Å². The van der Waals surface area contributed by atoms with Crippen molar-refractivity contribution in [3.05, 3.63) is 34.5 Å². The number of halogens is 1. The number of methoxy groups -OCH3 is 1. The van der Waals surface area contributed by atoms with E-state index in [2.05, 4.69) is 9.72 Å². The summed E-state index contributed by atoms with van der Waals surface area (Å²) < 4.78 is 4.64. The Morgan fingerprint density at radius 3 is 2.94 bits per heavy atom. The first-order chi connectivity index (χ1) is 8.52. The number of hydrogen-bond acceptors (Lipinski definition) is 3. The highest BCUT2D eigenvalue weighted by atomic mass is 35.5. The van der Waals surface area contributed by atoms with E-state index in [1.165, 1.54) is 7.11 Å². The summed E-state index contributed by atoms with van der Waals surface area (Å²) in [6, 6.07) is 4.95. The lowest BCUT2D eigenvalue weighted by molar-refractivity contribution is -0.142. The Bertz CT molecular complexity index is 592. The first-order valence-corrected chi connectivity index (χ1v) is 6.01. The van der Waals surface area contributed by atoms with E-state index in [1.54, 1.807) is 0 Å². The summed E-state index contributed by atoms with van der Waals surface area (Å²) in [5.74, 6) is -0.411. The van der Waals surface area contributed by atoms with Gasteiger partial charge in [0.1, 0.15) is 6.04 Å². The molecule has 1 aromatic carbocycles. The Balaban J connectivity index is 2.40. The number of rotatable bonds is 3. The fraction of sp³-hybridized carbons (Fsp3) is 0.308.